The van der Waals surface area contributed by atoms with Gasteiger partial charge in [-0.15, -0.1) is 0 Å². The van der Waals surface area contributed by atoms with Crippen LogP contribution in [0.3, 0.4) is 0 Å². The summed E-state index contributed by atoms with van der Waals surface area (Å²) in [6, 6.07) is 0. The van der Waals surface area contributed by atoms with Gasteiger partial charge in [0.1, 0.15) is 0 Å². The molecule has 0 heterocycles. The Balaban J connectivity index is 4.16. The second-order valence-electron chi connectivity index (χ2n) is 6.91. The van der Waals surface area contributed by atoms with E-state index in [2.05, 4.69) is 20.8 Å². The van der Waals surface area contributed by atoms with E-state index >= 15 is 0 Å². The Labute approximate surface area is 155 Å². The van der Waals surface area contributed by atoms with Gasteiger partial charge in [0.2, 0.25) is 0 Å². The zero-order valence-corrected chi connectivity index (χ0v) is 16.8. The fourth-order valence-corrected chi connectivity index (χ4v) is 2.74. The van der Waals surface area contributed by atoms with E-state index < -0.39 is 0 Å². The third-order valence-corrected chi connectivity index (χ3v) is 4.41. The number of esters is 2. The van der Waals surface area contributed by atoms with Gasteiger partial charge in [-0.25, -0.2) is 0 Å². The normalized spacial score (nSPS) is 12.0. The molecular weight excluding hydrogens is 316 g/mol. The molecule has 0 aromatic carbocycles. The molecule has 0 aromatic rings. The average molecular weight is 357 g/mol. The van der Waals surface area contributed by atoms with Gasteiger partial charge in [-0.1, -0.05) is 78.6 Å². The van der Waals surface area contributed by atoms with Gasteiger partial charge in [-0.3, -0.25) is 9.59 Å². The van der Waals surface area contributed by atoms with Gasteiger partial charge in [0.15, 0.2) is 0 Å². The first kappa shape index (κ1) is 23.9. The van der Waals surface area contributed by atoms with Crippen molar-refractivity contribution in [2.45, 2.75) is 104 Å². The van der Waals surface area contributed by atoms with Crippen LogP contribution in [-0.4, -0.2) is 25.2 Å². The zero-order valence-electron chi connectivity index (χ0n) is 16.8. The first-order chi connectivity index (χ1) is 12.2. The fourth-order valence-electron chi connectivity index (χ4n) is 2.74. The van der Waals surface area contributed by atoms with Crippen molar-refractivity contribution in [3.63, 3.8) is 0 Å². The van der Waals surface area contributed by atoms with E-state index in [9.17, 15) is 9.59 Å². The fraction of sp³-hybridized carbons (Fsp3) is 0.905. The van der Waals surface area contributed by atoms with Crippen LogP contribution in [0, 0.1) is 5.92 Å². The van der Waals surface area contributed by atoms with Crippen molar-refractivity contribution in [2.75, 3.05) is 13.2 Å². The van der Waals surface area contributed by atoms with Crippen LogP contribution >= 0.6 is 0 Å². The molecule has 25 heavy (non-hydrogen) atoms. The molecule has 0 radical (unpaired) electrons. The first-order valence-corrected chi connectivity index (χ1v) is 10.5. The summed E-state index contributed by atoms with van der Waals surface area (Å²) in [5.74, 6) is -0.836. The van der Waals surface area contributed by atoms with E-state index in [1.54, 1.807) is 0 Å². The standard InChI is InChI=1S/C21H40O4/c1-4-7-10-13-16-24-20(22)18-19(15-12-9-6-3)21(23)25-17-14-11-8-5-2/h19H,4-18H2,1-3H3. The van der Waals surface area contributed by atoms with E-state index in [0.717, 1.165) is 57.8 Å². The van der Waals surface area contributed by atoms with Gasteiger partial charge in [0.05, 0.1) is 25.6 Å². The predicted molar refractivity (Wildman–Crippen MR) is 102 cm³/mol. The predicted octanol–water partition coefficient (Wildman–Crippen LogP) is 5.82. The van der Waals surface area contributed by atoms with Crippen LogP contribution in [0.1, 0.15) is 104 Å². The first-order valence-electron chi connectivity index (χ1n) is 10.5. The average Bonchev–Trinajstić information content (AvgIpc) is 2.60. The number of carbonyl (C=O) groups is 2. The highest BCUT2D eigenvalue weighted by molar-refractivity contribution is 5.79. The highest BCUT2D eigenvalue weighted by atomic mass is 16.5. The van der Waals surface area contributed by atoms with Gasteiger partial charge in [-0.2, -0.15) is 0 Å². The Morgan fingerprint density at radius 1 is 0.680 bits per heavy atom. The Morgan fingerprint density at radius 3 is 1.76 bits per heavy atom. The molecule has 0 aliphatic carbocycles. The van der Waals surface area contributed by atoms with Crippen LogP contribution in [0.25, 0.3) is 0 Å². The number of carbonyl (C=O) groups excluding carboxylic acids is 2. The minimum absolute atomic E-state index is 0.158. The molecule has 0 aliphatic rings. The molecule has 0 fully saturated rings. The van der Waals surface area contributed by atoms with Gasteiger partial charge in [0, 0.05) is 0 Å². The monoisotopic (exact) mass is 356 g/mol. The van der Waals surface area contributed by atoms with Crippen LogP contribution in [0.5, 0.6) is 0 Å². The lowest BCUT2D eigenvalue weighted by molar-refractivity contribution is -0.155. The summed E-state index contributed by atoms with van der Waals surface area (Å²) in [6.07, 6.45) is 12.7. The highest BCUT2D eigenvalue weighted by Crippen LogP contribution is 2.17. The molecule has 1 atom stereocenters. The summed E-state index contributed by atoms with van der Waals surface area (Å²) in [5, 5.41) is 0. The lowest BCUT2D eigenvalue weighted by Crippen LogP contribution is -2.23. The molecule has 0 amide bonds. The number of unbranched alkanes of at least 4 members (excludes halogenated alkanes) is 8. The molecule has 4 nitrogen and oxygen atoms in total. The zero-order chi connectivity index (χ0) is 18.8. The number of hydrogen-bond acceptors (Lipinski definition) is 4. The minimum Gasteiger partial charge on any atom is -0.466 e. The minimum atomic E-state index is -0.346. The molecule has 0 rings (SSSR count). The topological polar surface area (TPSA) is 52.6 Å². The largest absolute Gasteiger partial charge is 0.466 e. The lowest BCUT2D eigenvalue weighted by atomic mass is 9.98. The van der Waals surface area contributed by atoms with Crippen LogP contribution < -0.4 is 0 Å². The van der Waals surface area contributed by atoms with Crippen molar-refractivity contribution in [1.82, 2.24) is 0 Å². The quantitative estimate of drug-likeness (QED) is 0.243. The molecule has 1 unspecified atom stereocenters. The molecule has 0 saturated carbocycles. The molecule has 0 N–H and O–H groups in total. The van der Waals surface area contributed by atoms with Gasteiger partial charge in [0.25, 0.3) is 0 Å². The van der Waals surface area contributed by atoms with E-state index in [1.165, 1.54) is 12.8 Å². The summed E-state index contributed by atoms with van der Waals surface area (Å²) in [7, 11) is 0. The highest BCUT2D eigenvalue weighted by Gasteiger charge is 2.23. The summed E-state index contributed by atoms with van der Waals surface area (Å²) in [6.45, 7) is 7.37. The number of hydrogen-bond donors (Lipinski definition) is 0. The Hall–Kier alpha value is -1.06. The third kappa shape index (κ3) is 14.9. The van der Waals surface area contributed by atoms with E-state index in [-0.39, 0.29) is 24.3 Å². The van der Waals surface area contributed by atoms with Gasteiger partial charge in [-0.05, 0) is 19.3 Å². The summed E-state index contributed by atoms with van der Waals surface area (Å²) < 4.78 is 10.7. The van der Waals surface area contributed by atoms with Crippen molar-refractivity contribution in [3.05, 3.63) is 0 Å². The molecule has 0 bridgehead atoms. The van der Waals surface area contributed by atoms with Crippen LogP contribution in [0.4, 0.5) is 0 Å². The van der Waals surface area contributed by atoms with Crippen LogP contribution in [0.15, 0.2) is 0 Å². The SMILES string of the molecule is CCCCCCOC(=O)CC(CCCCC)C(=O)OCCCCCC. The maximum atomic E-state index is 12.3. The Morgan fingerprint density at radius 2 is 1.20 bits per heavy atom. The number of ether oxygens (including phenoxy) is 2. The molecule has 0 spiro atoms. The van der Waals surface area contributed by atoms with E-state index in [1.807, 2.05) is 0 Å². The second-order valence-corrected chi connectivity index (χ2v) is 6.91. The van der Waals surface area contributed by atoms with Crippen LogP contribution in [-0.2, 0) is 19.1 Å². The Bertz CT molecular complexity index is 328. The molecule has 148 valence electrons. The molecule has 0 aromatic heterocycles. The van der Waals surface area contributed by atoms with Gasteiger partial charge < -0.3 is 9.47 Å². The lowest BCUT2D eigenvalue weighted by Gasteiger charge is -2.15. The van der Waals surface area contributed by atoms with Crippen molar-refractivity contribution in [1.29, 1.82) is 0 Å². The molecular formula is C21H40O4. The van der Waals surface area contributed by atoms with Crippen molar-refractivity contribution < 1.29 is 19.1 Å². The third-order valence-electron chi connectivity index (χ3n) is 4.41. The van der Waals surface area contributed by atoms with Gasteiger partial charge >= 0.3 is 11.9 Å². The van der Waals surface area contributed by atoms with Crippen molar-refractivity contribution >= 4 is 11.9 Å². The van der Waals surface area contributed by atoms with E-state index in [0.29, 0.717) is 19.6 Å². The summed E-state index contributed by atoms with van der Waals surface area (Å²) in [4.78, 5) is 24.3. The summed E-state index contributed by atoms with van der Waals surface area (Å²) >= 11 is 0. The Kier molecular flexibility index (Phi) is 17.0. The van der Waals surface area contributed by atoms with Crippen molar-refractivity contribution in [2.24, 2.45) is 5.92 Å². The maximum absolute atomic E-state index is 12.3. The molecule has 0 aliphatic heterocycles. The molecule has 0 saturated heterocycles. The maximum Gasteiger partial charge on any atom is 0.309 e. The molecule has 4 heteroatoms. The number of rotatable bonds is 17. The summed E-state index contributed by atoms with van der Waals surface area (Å²) in [5.41, 5.74) is 0. The smallest absolute Gasteiger partial charge is 0.309 e. The van der Waals surface area contributed by atoms with Crippen molar-refractivity contribution in [3.8, 4) is 0 Å². The van der Waals surface area contributed by atoms with E-state index in [4.69, 9.17) is 9.47 Å². The van der Waals surface area contributed by atoms with Crippen LogP contribution in [0.2, 0.25) is 0 Å². The second kappa shape index (κ2) is 17.8.